The van der Waals surface area contributed by atoms with Crippen LogP contribution >= 0.6 is 0 Å². The fourth-order valence-electron chi connectivity index (χ4n) is 1.81. The number of para-hydroxylation sites is 1. The molecule has 4 nitrogen and oxygen atoms in total. The van der Waals surface area contributed by atoms with Crippen LogP contribution in [0.2, 0.25) is 0 Å². The highest BCUT2D eigenvalue weighted by molar-refractivity contribution is 5.75. The van der Waals surface area contributed by atoms with Crippen LogP contribution in [0.5, 0.6) is 5.75 Å². The molecule has 0 atom stereocenters. The zero-order chi connectivity index (χ0) is 13.9. The summed E-state index contributed by atoms with van der Waals surface area (Å²) < 4.78 is 10.5. The summed E-state index contributed by atoms with van der Waals surface area (Å²) >= 11 is 0. The second-order valence-electron chi connectivity index (χ2n) is 4.21. The van der Waals surface area contributed by atoms with E-state index in [2.05, 4.69) is 5.32 Å². The quantitative estimate of drug-likeness (QED) is 0.696. The fraction of sp³-hybridized carbons (Fsp3) is 0.533. The van der Waals surface area contributed by atoms with Gasteiger partial charge in [0.1, 0.15) is 5.75 Å². The van der Waals surface area contributed by atoms with Crippen LogP contribution in [0.4, 0.5) is 0 Å². The smallest absolute Gasteiger partial charge is 0.220 e. The molecular weight excluding hydrogens is 242 g/mol. The van der Waals surface area contributed by atoms with Crippen LogP contribution in [0.15, 0.2) is 24.3 Å². The molecule has 19 heavy (non-hydrogen) atoms. The molecular formula is C15H23NO3. The van der Waals surface area contributed by atoms with Gasteiger partial charge in [-0.2, -0.15) is 0 Å². The molecule has 0 aliphatic rings. The first-order chi connectivity index (χ1) is 9.27. The molecule has 0 saturated heterocycles. The molecule has 1 amide bonds. The van der Waals surface area contributed by atoms with E-state index >= 15 is 0 Å². The monoisotopic (exact) mass is 265 g/mol. The highest BCUT2D eigenvalue weighted by Crippen LogP contribution is 2.17. The van der Waals surface area contributed by atoms with Crippen LogP contribution in [-0.4, -0.2) is 32.8 Å². The van der Waals surface area contributed by atoms with Gasteiger partial charge in [-0.1, -0.05) is 18.2 Å². The molecule has 0 saturated carbocycles. The van der Waals surface area contributed by atoms with Crippen molar-refractivity contribution >= 4 is 5.91 Å². The van der Waals surface area contributed by atoms with Crippen LogP contribution < -0.4 is 10.1 Å². The summed E-state index contributed by atoms with van der Waals surface area (Å²) in [6.45, 7) is 3.94. The van der Waals surface area contributed by atoms with E-state index in [0.717, 1.165) is 24.2 Å². The molecule has 0 unspecified atom stereocenters. The summed E-state index contributed by atoms with van der Waals surface area (Å²) in [4.78, 5) is 11.6. The predicted octanol–water partition coefficient (Wildman–Crippen LogP) is 2.17. The summed E-state index contributed by atoms with van der Waals surface area (Å²) in [6, 6.07) is 7.86. The first-order valence-corrected chi connectivity index (χ1v) is 6.74. The Morgan fingerprint density at radius 3 is 2.84 bits per heavy atom. The van der Waals surface area contributed by atoms with E-state index in [-0.39, 0.29) is 5.91 Å². The Bertz CT molecular complexity index is 379. The van der Waals surface area contributed by atoms with Gasteiger partial charge in [-0.15, -0.1) is 0 Å². The highest BCUT2D eigenvalue weighted by Gasteiger charge is 2.03. The summed E-state index contributed by atoms with van der Waals surface area (Å²) in [5, 5.41) is 2.91. The van der Waals surface area contributed by atoms with E-state index in [0.29, 0.717) is 26.2 Å². The number of carbonyl (C=O) groups excluding carboxylic acids is 1. The summed E-state index contributed by atoms with van der Waals surface area (Å²) in [7, 11) is 1.66. The molecule has 0 aliphatic heterocycles. The van der Waals surface area contributed by atoms with Crippen LogP contribution in [-0.2, 0) is 16.0 Å². The van der Waals surface area contributed by atoms with Crippen molar-refractivity contribution in [3.63, 3.8) is 0 Å². The molecule has 106 valence electrons. The van der Waals surface area contributed by atoms with Crippen molar-refractivity contribution in [3.8, 4) is 5.75 Å². The van der Waals surface area contributed by atoms with Gasteiger partial charge in [-0.3, -0.25) is 4.79 Å². The van der Waals surface area contributed by atoms with E-state index in [1.165, 1.54) is 0 Å². The van der Waals surface area contributed by atoms with Gasteiger partial charge >= 0.3 is 0 Å². The SMILES string of the molecule is CCOCCCC(=O)NCCc1ccccc1OC. The number of amides is 1. The number of hydrogen-bond donors (Lipinski definition) is 1. The molecule has 1 aromatic rings. The van der Waals surface area contributed by atoms with Crippen molar-refractivity contribution in [1.82, 2.24) is 5.32 Å². The lowest BCUT2D eigenvalue weighted by atomic mass is 10.1. The second kappa shape index (κ2) is 9.39. The van der Waals surface area contributed by atoms with Crippen molar-refractivity contribution in [2.45, 2.75) is 26.2 Å². The highest BCUT2D eigenvalue weighted by atomic mass is 16.5. The first-order valence-electron chi connectivity index (χ1n) is 6.74. The van der Waals surface area contributed by atoms with E-state index < -0.39 is 0 Å². The summed E-state index contributed by atoms with van der Waals surface area (Å²) in [6.07, 6.45) is 2.07. The predicted molar refractivity (Wildman–Crippen MR) is 75.4 cm³/mol. The van der Waals surface area contributed by atoms with Crippen LogP contribution in [0, 0.1) is 0 Å². The molecule has 1 N–H and O–H groups in total. The molecule has 4 heteroatoms. The van der Waals surface area contributed by atoms with Gasteiger partial charge in [0.15, 0.2) is 0 Å². The Hall–Kier alpha value is -1.55. The van der Waals surface area contributed by atoms with Crippen LogP contribution in [0.1, 0.15) is 25.3 Å². The Morgan fingerprint density at radius 1 is 1.32 bits per heavy atom. The van der Waals surface area contributed by atoms with Crippen molar-refractivity contribution in [1.29, 1.82) is 0 Å². The van der Waals surface area contributed by atoms with Gasteiger partial charge in [-0.05, 0) is 31.4 Å². The van der Waals surface area contributed by atoms with E-state index in [1.807, 2.05) is 31.2 Å². The van der Waals surface area contributed by atoms with E-state index in [1.54, 1.807) is 7.11 Å². The fourth-order valence-corrected chi connectivity index (χ4v) is 1.81. The first kappa shape index (κ1) is 15.5. The molecule has 0 radical (unpaired) electrons. The number of benzene rings is 1. The minimum absolute atomic E-state index is 0.0783. The van der Waals surface area contributed by atoms with Crippen molar-refractivity contribution in [2.75, 3.05) is 26.9 Å². The summed E-state index contributed by atoms with van der Waals surface area (Å²) in [5.74, 6) is 0.947. The maximum Gasteiger partial charge on any atom is 0.220 e. The van der Waals surface area contributed by atoms with E-state index in [9.17, 15) is 4.79 Å². The summed E-state index contributed by atoms with van der Waals surface area (Å²) in [5.41, 5.74) is 1.11. The molecule has 0 fully saturated rings. The standard InChI is InChI=1S/C15H23NO3/c1-3-19-12-6-9-15(17)16-11-10-13-7-4-5-8-14(13)18-2/h4-5,7-8H,3,6,9-12H2,1-2H3,(H,16,17). The zero-order valence-corrected chi connectivity index (χ0v) is 11.8. The molecule has 0 spiro atoms. The normalized spacial score (nSPS) is 10.2. The van der Waals surface area contributed by atoms with E-state index in [4.69, 9.17) is 9.47 Å². The average Bonchev–Trinajstić information content (AvgIpc) is 2.44. The number of rotatable bonds is 9. The molecule has 0 heterocycles. The van der Waals surface area contributed by atoms with Crippen LogP contribution in [0.25, 0.3) is 0 Å². The van der Waals surface area contributed by atoms with Gasteiger partial charge in [0.05, 0.1) is 7.11 Å². The molecule has 1 rings (SSSR count). The maximum absolute atomic E-state index is 11.6. The van der Waals surface area contributed by atoms with Crippen LogP contribution in [0.3, 0.4) is 0 Å². The lowest BCUT2D eigenvalue weighted by molar-refractivity contribution is -0.121. The Labute approximate surface area is 115 Å². The van der Waals surface area contributed by atoms with Gasteiger partial charge in [0.2, 0.25) is 5.91 Å². The topological polar surface area (TPSA) is 47.6 Å². The number of methoxy groups -OCH3 is 1. The Morgan fingerprint density at radius 2 is 2.11 bits per heavy atom. The second-order valence-corrected chi connectivity index (χ2v) is 4.21. The Balaban J connectivity index is 2.20. The number of ether oxygens (including phenoxy) is 2. The van der Waals surface area contributed by atoms with Crippen molar-refractivity contribution < 1.29 is 14.3 Å². The average molecular weight is 265 g/mol. The van der Waals surface area contributed by atoms with Gasteiger partial charge < -0.3 is 14.8 Å². The lowest BCUT2D eigenvalue weighted by Gasteiger charge is -2.09. The zero-order valence-electron chi connectivity index (χ0n) is 11.8. The largest absolute Gasteiger partial charge is 0.496 e. The lowest BCUT2D eigenvalue weighted by Crippen LogP contribution is -2.25. The van der Waals surface area contributed by atoms with Gasteiger partial charge in [0.25, 0.3) is 0 Å². The maximum atomic E-state index is 11.6. The van der Waals surface area contributed by atoms with Gasteiger partial charge in [0, 0.05) is 26.2 Å². The minimum atomic E-state index is 0.0783. The third-order valence-corrected chi connectivity index (χ3v) is 2.81. The molecule has 0 aliphatic carbocycles. The Kier molecular flexibility index (Phi) is 7.66. The number of carbonyl (C=O) groups is 1. The number of hydrogen-bond acceptors (Lipinski definition) is 3. The van der Waals surface area contributed by atoms with Gasteiger partial charge in [-0.25, -0.2) is 0 Å². The third kappa shape index (κ3) is 6.25. The van der Waals surface area contributed by atoms with Crippen molar-refractivity contribution in [3.05, 3.63) is 29.8 Å². The third-order valence-electron chi connectivity index (χ3n) is 2.81. The van der Waals surface area contributed by atoms with Crippen molar-refractivity contribution in [2.24, 2.45) is 0 Å². The molecule has 0 aromatic heterocycles. The minimum Gasteiger partial charge on any atom is -0.496 e. The number of nitrogens with one attached hydrogen (secondary N) is 1. The molecule has 0 bridgehead atoms. The molecule has 1 aromatic carbocycles.